The van der Waals surface area contributed by atoms with Gasteiger partial charge in [-0.1, -0.05) is 41.9 Å². The van der Waals surface area contributed by atoms with E-state index in [0.717, 1.165) is 25.3 Å². The Morgan fingerprint density at radius 2 is 1.95 bits per heavy atom. The maximum absolute atomic E-state index is 13.5. The van der Waals surface area contributed by atoms with Gasteiger partial charge in [0.1, 0.15) is 5.82 Å². The Balaban J connectivity index is 1.81. The average Bonchev–Trinajstić information content (AvgIpc) is 2.47. The first-order valence-electron chi connectivity index (χ1n) is 6.72. The van der Waals surface area contributed by atoms with Gasteiger partial charge in [0, 0.05) is 36.4 Å². The van der Waals surface area contributed by atoms with Crippen molar-refractivity contribution in [1.29, 1.82) is 0 Å². The van der Waals surface area contributed by atoms with Crippen molar-refractivity contribution >= 4 is 17.3 Å². The molecule has 0 radical (unpaired) electrons. The predicted molar refractivity (Wildman–Crippen MR) is 80.8 cm³/mol. The van der Waals surface area contributed by atoms with Gasteiger partial charge in [-0.15, -0.1) is 0 Å². The zero-order valence-corrected chi connectivity index (χ0v) is 11.8. The lowest BCUT2D eigenvalue weighted by Crippen LogP contribution is -2.45. The monoisotopic (exact) mass is 290 g/mol. The number of hydrogen-bond donors (Lipinski definition) is 1. The molecular formula is C16H16ClFN2. The van der Waals surface area contributed by atoms with E-state index in [9.17, 15) is 4.39 Å². The quantitative estimate of drug-likeness (QED) is 0.908. The van der Waals surface area contributed by atoms with Crippen LogP contribution in [0, 0.1) is 5.82 Å². The summed E-state index contributed by atoms with van der Waals surface area (Å²) < 4.78 is 13.5. The van der Waals surface area contributed by atoms with Crippen molar-refractivity contribution in [3.63, 3.8) is 0 Å². The minimum atomic E-state index is -0.290. The van der Waals surface area contributed by atoms with E-state index in [-0.39, 0.29) is 11.9 Å². The van der Waals surface area contributed by atoms with Gasteiger partial charge in [0.25, 0.3) is 0 Å². The van der Waals surface area contributed by atoms with Crippen LogP contribution in [-0.4, -0.2) is 19.6 Å². The first kappa shape index (κ1) is 13.4. The average molecular weight is 291 g/mol. The Hall–Kier alpha value is -1.58. The minimum Gasteiger partial charge on any atom is -0.368 e. The second kappa shape index (κ2) is 5.81. The van der Waals surface area contributed by atoms with Crippen LogP contribution in [0.5, 0.6) is 0 Å². The molecule has 20 heavy (non-hydrogen) atoms. The van der Waals surface area contributed by atoms with Gasteiger partial charge in [-0.2, -0.15) is 0 Å². The van der Waals surface area contributed by atoms with Crippen LogP contribution >= 0.6 is 11.6 Å². The molecule has 2 aromatic rings. The lowest BCUT2D eigenvalue weighted by Gasteiger charge is -2.35. The van der Waals surface area contributed by atoms with Crippen LogP contribution in [0.25, 0.3) is 0 Å². The summed E-state index contributed by atoms with van der Waals surface area (Å²) in [6, 6.07) is 15.3. The molecule has 0 saturated carbocycles. The fourth-order valence-electron chi connectivity index (χ4n) is 2.61. The van der Waals surface area contributed by atoms with E-state index >= 15 is 0 Å². The number of halogens is 2. The fraction of sp³-hybridized carbons (Fsp3) is 0.250. The predicted octanol–water partition coefficient (Wildman–Crippen LogP) is 3.63. The molecule has 0 spiro atoms. The molecule has 2 nitrogen and oxygen atoms in total. The topological polar surface area (TPSA) is 15.3 Å². The number of piperazine rings is 1. The summed E-state index contributed by atoms with van der Waals surface area (Å²) in [5, 5.41) is 3.94. The summed E-state index contributed by atoms with van der Waals surface area (Å²) in [5.41, 5.74) is 2.09. The summed E-state index contributed by atoms with van der Waals surface area (Å²) in [6.07, 6.45) is 0. The van der Waals surface area contributed by atoms with Gasteiger partial charge in [-0.05, 0) is 23.8 Å². The first-order chi connectivity index (χ1) is 9.72. The summed E-state index contributed by atoms with van der Waals surface area (Å²) in [7, 11) is 0. The van der Waals surface area contributed by atoms with Gasteiger partial charge in [0.2, 0.25) is 0 Å². The number of benzene rings is 2. The van der Waals surface area contributed by atoms with E-state index in [2.05, 4.69) is 22.3 Å². The largest absolute Gasteiger partial charge is 0.368 e. The van der Waals surface area contributed by atoms with E-state index in [1.165, 1.54) is 11.6 Å². The molecule has 1 unspecified atom stereocenters. The van der Waals surface area contributed by atoms with E-state index < -0.39 is 0 Å². The second-order valence-electron chi connectivity index (χ2n) is 4.99. The zero-order valence-electron chi connectivity index (χ0n) is 11.0. The van der Waals surface area contributed by atoms with Crippen LogP contribution < -0.4 is 10.2 Å². The van der Waals surface area contributed by atoms with Crippen LogP contribution in [0.4, 0.5) is 10.1 Å². The maximum atomic E-state index is 13.5. The number of nitrogens with zero attached hydrogens (tertiary/aromatic N) is 1. The van der Waals surface area contributed by atoms with E-state index in [1.807, 2.05) is 24.3 Å². The normalized spacial score (nSPS) is 19.1. The standard InChI is InChI=1S/C16H16ClFN2/c17-13-8-14(18)10-15(9-13)20-7-6-19-16(11-20)12-4-2-1-3-5-12/h1-5,8-10,16,19H,6-7,11H2. The molecule has 4 heteroatoms. The summed E-state index contributed by atoms with van der Waals surface area (Å²) in [6.45, 7) is 2.53. The Bertz CT molecular complexity index is 568. The molecule has 1 N–H and O–H groups in total. The summed E-state index contributed by atoms with van der Waals surface area (Å²) in [4.78, 5) is 2.17. The third-order valence-electron chi connectivity index (χ3n) is 3.59. The number of nitrogens with one attached hydrogen (secondary N) is 1. The Labute approximate surface area is 123 Å². The third-order valence-corrected chi connectivity index (χ3v) is 3.81. The van der Waals surface area contributed by atoms with Gasteiger partial charge >= 0.3 is 0 Å². The van der Waals surface area contributed by atoms with Crippen molar-refractivity contribution in [3.8, 4) is 0 Å². The van der Waals surface area contributed by atoms with Gasteiger partial charge in [0.05, 0.1) is 0 Å². The Kier molecular flexibility index (Phi) is 3.90. The number of anilines is 1. The molecular weight excluding hydrogens is 275 g/mol. The van der Waals surface area contributed by atoms with Crippen LogP contribution in [0.1, 0.15) is 11.6 Å². The van der Waals surface area contributed by atoms with Crippen molar-refractivity contribution in [3.05, 3.63) is 64.9 Å². The molecule has 0 aliphatic carbocycles. The van der Waals surface area contributed by atoms with Gasteiger partial charge in [-0.25, -0.2) is 4.39 Å². The van der Waals surface area contributed by atoms with Crippen molar-refractivity contribution in [2.75, 3.05) is 24.5 Å². The second-order valence-corrected chi connectivity index (χ2v) is 5.43. The summed E-state index contributed by atoms with van der Waals surface area (Å²) in [5.74, 6) is -0.290. The molecule has 1 fully saturated rings. The summed E-state index contributed by atoms with van der Waals surface area (Å²) >= 11 is 5.94. The molecule has 0 bridgehead atoms. The molecule has 1 saturated heterocycles. The first-order valence-corrected chi connectivity index (χ1v) is 7.09. The lowest BCUT2D eigenvalue weighted by molar-refractivity contribution is 0.471. The van der Waals surface area contributed by atoms with Crippen LogP contribution in [-0.2, 0) is 0 Å². The highest BCUT2D eigenvalue weighted by Crippen LogP contribution is 2.25. The highest BCUT2D eigenvalue weighted by atomic mass is 35.5. The maximum Gasteiger partial charge on any atom is 0.126 e. The Morgan fingerprint density at radius 1 is 1.15 bits per heavy atom. The molecule has 1 aliphatic heterocycles. The molecule has 2 aromatic carbocycles. The molecule has 3 rings (SSSR count). The number of hydrogen-bond acceptors (Lipinski definition) is 2. The SMILES string of the molecule is Fc1cc(Cl)cc(N2CCNC(c3ccccc3)C2)c1. The molecule has 104 valence electrons. The van der Waals surface area contributed by atoms with Gasteiger partial charge in [-0.3, -0.25) is 0 Å². The van der Waals surface area contributed by atoms with E-state index in [0.29, 0.717) is 5.02 Å². The van der Waals surface area contributed by atoms with Crippen LogP contribution in [0.2, 0.25) is 5.02 Å². The van der Waals surface area contributed by atoms with Crippen molar-refractivity contribution in [1.82, 2.24) is 5.32 Å². The number of rotatable bonds is 2. The van der Waals surface area contributed by atoms with E-state index in [4.69, 9.17) is 11.6 Å². The molecule has 0 amide bonds. The van der Waals surface area contributed by atoms with Crippen molar-refractivity contribution in [2.45, 2.75) is 6.04 Å². The zero-order chi connectivity index (χ0) is 13.9. The highest BCUT2D eigenvalue weighted by Gasteiger charge is 2.21. The smallest absolute Gasteiger partial charge is 0.126 e. The lowest BCUT2D eigenvalue weighted by atomic mass is 10.0. The molecule has 0 aromatic heterocycles. The molecule has 1 heterocycles. The van der Waals surface area contributed by atoms with Crippen molar-refractivity contribution < 1.29 is 4.39 Å². The van der Waals surface area contributed by atoms with Crippen molar-refractivity contribution in [2.24, 2.45) is 0 Å². The third kappa shape index (κ3) is 2.94. The van der Waals surface area contributed by atoms with Crippen LogP contribution in [0.15, 0.2) is 48.5 Å². The van der Waals surface area contributed by atoms with Gasteiger partial charge in [0.15, 0.2) is 0 Å². The molecule has 1 atom stereocenters. The Morgan fingerprint density at radius 3 is 2.70 bits per heavy atom. The van der Waals surface area contributed by atoms with Gasteiger partial charge < -0.3 is 10.2 Å². The van der Waals surface area contributed by atoms with Crippen LogP contribution in [0.3, 0.4) is 0 Å². The minimum absolute atomic E-state index is 0.256. The fourth-order valence-corrected chi connectivity index (χ4v) is 2.83. The molecule has 1 aliphatic rings. The van der Waals surface area contributed by atoms with E-state index in [1.54, 1.807) is 6.07 Å². The highest BCUT2D eigenvalue weighted by molar-refractivity contribution is 6.30.